The minimum atomic E-state index is -3.02. The van der Waals surface area contributed by atoms with Crippen molar-refractivity contribution in [3.05, 3.63) is 0 Å². The lowest BCUT2D eigenvalue weighted by Gasteiger charge is -2.26. The van der Waals surface area contributed by atoms with E-state index in [4.69, 9.17) is 0 Å². The summed E-state index contributed by atoms with van der Waals surface area (Å²) < 4.78 is 24.9. The second kappa shape index (κ2) is 7.74. The average Bonchev–Trinajstić information content (AvgIpc) is 2.33. The molecule has 1 amide bonds. The number of hydrogen-bond donors (Lipinski definition) is 1. The first-order chi connectivity index (χ1) is 8.56. The first-order valence-electron chi connectivity index (χ1n) is 6.81. The van der Waals surface area contributed by atoms with Crippen LogP contribution in [0.1, 0.15) is 45.4 Å². The summed E-state index contributed by atoms with van der Waals surface area (Å²) in [6, 6.07) is 0. The van der Waals surface area contributed by atoms with Crippen molar-refractivity contribution >= 4 is 15.9 Å². The fourth-order valence-corrected chi connectivity index (χ4v) is 3.64. The SMILES string of the molecule is CCCCC(=O)NCCCN1CCCCS1(=O)=O. The van der Waals surface area contributed by atoms with Crippen LogP contribution in [0.4, 0.5) is 0 Å². The van der Waals surface area contributed by atoms with Crippen molar-refractivity contribution in [3.8, 4) is 0 Å². The number of hydrogen-bond acceptors (Lipinski definition) is 3. The van der Waals surface area contributed by atoms with E-state index in [0.717, 1.165) is 25.7 Å². The topological polar surface area (TPSA) is 66.5 Å². The Morgan fingerprint density at radius 1 is 1.28 bits per heavy atom. The Morgan fingerprint density at radius 2 is 2.06 bits per heavy atom. The number of nitrogens with one attached hydrogen (secondary N) is 1. The molecule has 18 heavy (non-hydrogen) atoms. The maximum Gasteiger partial charge on any atom is 0.219 e. The summed E-state index contributed by atoms with van der Waals surface area (Å²) in [5.74, 6) is 0.342. The third kappa shape index (κ3) is 5.35. The van der Waals surface area contributed by atoms with Crippen LogP contribution in [0, 0.1) is 0 Å². The van der Waals surface area contributed by atoms with Crippen LogP contribution in [0.25, 0.3) is 0 Å². The van der Waals surface area contributed by atoms with Gasteiger partial charge in [0.1, 0.15) is 0 Å². The third-order valence-corrected chi connectivity index (χ3v) is 5.07. The molecule has 0 aromatic heterocycles. The zero-order chi connectivity index (χ0) is 13.4. The molecule has 1 heterocycles. The molecule has 6 heteroatoms. The van der Waals surface area contributed by atoms with Crippen LogP contribution < -0.4 is 5.32 Å². The second-order valence-electron chi connectivity index (χ2n) is 4.73. The van der Waals surface area contributed by atoms with Gasteiger partial charge in [-0.25, -0.2) is 12.7 Å². The molecule has 1 aliphatic heterocycles. The van der Waals surface area contributed by atoms with Crippen molar-refractivity contribution in [2.24, 2.45) is 0 Å². The van der Waals surface area contributed by atoms with Crippen LogP contribution in [-0.2, 0) is 14.8 Å². The van der Waals surface area contributed by atoms with Gasteiger partial charge in [0, 0.05) is 26.1 Å². The molecular weight excluding hydrogens is 252 g/mol. The first kappa shape index (κ1) is 15.4. The van der Waals surface area contributed by atoms with Gasteiger partial charge in [0.2, 0.25) is 15.9 Å². The highest BCUT2D eigenvalue weighted by atomic mass is 32.2. The number of amides is 1. The molecule has 1 rings (SSSR count). The largest absolute Gasteiger partial charge is 0.356 e. The number of carbonyl (C=O) groups excluding carboxylic acids is 1. The zero-order valence-electron chi connectivity index (χ0n) is 11.2. The minimum Gasteiger partial charge on any atom is -0.356 e. The Morgan fingerprint density at radius 3 is 2.72 bits per heavy atom. The van der Waals surface area contributed by atoms with E-state index in [-0.39, 0.29) is 11.7 Å². The van der Waals surface area contributed by atoms with Crippen molar-refractivity contribution in [2.45, 2.75) is 45.4 Å². The predicted octanol–water partition coefficient (Wildman–Crippen LogP) is 1.11. The van der Waals surface area contributed by atoms with Crippen LogP contribution >= 0.6 is 0 Å². The maximum atomic E-state index is 11.7. The Hall–Kier alpha value is -0.620. The summed E-state index contributed by atoms with van der Waals surface area (Å²) in [6.45, 7) is 3.77. The number of nitrogens with zero attached hydrogens (tertiary/aromatic N) is 1. The predicted molar refractivity (Wildman–Crippen MR) is 71.7 cm³/mol. The van der Waals surface area contributed by atoms with E-state index in [9.17, 15) is 13.2 Å². The fraction of sp³-hybridized carbons (Fsp3) is 0.917. The molecule has 106 valence electrons. The van der Waals surface area contributed by atoms with Gasteiger partial charge in [0.05, 0.1) is 5.75 Å². The normalized spacial score (nSPS) is 19.6. The van der Waals surface area contributed by atoms with E-state index in [0.29, 0.717) is 32.5 Å². The summed E-state index contributed by atoms with van der Waals surface area (Å²) in [5.41, 5.74) is 0. The molecule has 0 aromatic carbocycles. The van der Waals surface area contributed by atoms with Gasteiger partial charge in [0.25, 0.3) is 0 Å². The van der Waals surface area contributed by atoms with Gasteiger partial charge in [-0.3, -0.25) is 4.79 Å². The van der Waals surface area contributed by atoms with Crippen LogP contribution in [0.2, 0.25) is 0 Å². The van der Waals surface area contributed by atoms with Gasteiger partial charge in [0.15, 0.2) is 0 Å². The molecule has 1 saturated heterocycles. The molecule has 0 atom stereocenters. The second-order valence-corrected chi connectivity index (χ2v) is 6.82. The Bertz CT molecular complexity index is 354. The number of sulfonamides is 1. The van der Waals surface area contributed by atoms with Gasteiger partial charge in [-0.05, 0) is 25.7 Å². The van der Waals surface area contributed by atoms with Crippen LogP contribution in [0.5, 0.6) is 0 Å². The van der Waals surface area contributed by atoms with Gasteiger partial charge in [-0.15, -0.1) is 0 Å². The number of carbonyl (C=O) groups is 1. The molecule has 0 saturated carbocycles. The molecule has 0 aliphatic carbocycles. The van der Waals surface area contributed by atoms with Crippen LogP contribution in [0.3, 0.4) is 0 Å². The standard InChI is InChI=1S/C12H24N2O3S/c1-2-3-7-12(15)13-8-6-10-14-9-4-5-11-18(14,16)17/h2-11H2,1H3,(H,13,15). The van der Waals surface area contributed by atoms with Crippen LogP contribution in [-0.4, -0.2) is 44.0 Å². The molecule has 0 unspecified atom stereocenters. The van der Waals surface area contributed by atoms with Crippen molar-refractivity contribution in [1.29, 1.82) is 0 Å². The maximum absolute atomic E-state index is 11.7. The van der Waals surface area contributed by atoms with Crippen molar-refractivity contribution in [2.75, 3.05) is 25.4 Å². The van der Waals surface area contributed by atoms with Crippen molar-refractivity contribution in [1.82, 2.24) is 9.62 Å². The van der Waals surface area contributed by atoms with Gasteiger partial charge in [-0.2, -0.15) is 0 Å². The Labute approximate surface area is 110 Å². The quantitative estimate of drug-likeness (QED) is 0.708. The molecule has 0 spiro atoms. The van der Waals surface area contributed by atoms with E-state index >= 15 is 0 Å². The lowest BCUT2D eigenvalue weighted by atomic mass is 10.2. The minimum absolute atomic E-state index is 0.0679. The summed E-state index contributed by atoms with van der Waals surface area (Å²) >= 11 is 0. The van der Waals surface area contributed by atoms with Gasteiger partial charge in [-0.1, -0.05) is 13.3 Å². The molecule has 1 fully saturated rings. The first-order valence-corrected chi connectivity index (χ1v) is 8.41. The lowest BCUT2D eigenvalue weighted by Crippen LogP contribution is -2.39. The number of rotatable bonds is 7. The Kier molecular flexibility index (Phi) is 6.63. The van der Waals surface area contributed by atoms with E-state index in [1.807, 2.05) is 0 Å². The highest BCUT2D eigenvalue weighted by Gasteiger charge is 2.24. The summed E-state index contributed by atoms with van der Waals surface area (Å²) in [5, 5.41) is 2.82. The zero-order valence-corrected chi connectivity index (χ0v) is 12.0. The van der Waals surface area contributed by atoms with Crippen molar-refractivity contribution in [3.63, 3.8) is 0 Å². The third-order valence-electron chi connectivity index (χ3n) is 3.12. The summed E-state index contributed by atoms with van der Waals surface area (Å²) in [4.78, 5) is 11.3. The highest BCUT2D eigenvalue weighted by Crippen LogP contribution is 2.13. The lowest BCUT2D eigenvalue weighted by molar-refractivity contribution is -0.121. The van der Waals surface area contributed by atoms with Gasteiger partial charge < -0.3 is 5.32 Å². The number of unbranched alkanes of at least 4 members (excludes halogenated alkanes) is 1. The fourth-order valence-electron chi connectivity index (χ4n) is 2.00. The molecule has 1 aliphatic rings. The van der Waals surface area contributed by atoms with E-state index in [1.165, 1.54) is 0 Å². The van der Waals surface area contributed by atoms with E-state index < -0.39 is 10.0 Å². The smallest absolute Gasteiger partial charge is 0.219 e. The highest BCUT2D eigenvalue weighted by molar-refractivity contribution is 7.89. The van der Waals surface area contributed by atoms with E-state index in [2.05, 4.69) is 12.2 Å². The molecule has 5 nitrogen and oxygen atoms in total. The molecule has 1 N–H and O–H groups in total. The van der Waals surface area contributed by atoms with Gasteiger partial charge >= 0.3 is 0 Å². The monoisotopic (exact) mass is 276 g/mol. The summed E-state index contributed by atoms with van der Waals surface area (Å²) in [7, 11) is -3.02. The van der Waals surface area contributed by atoms with Crippen LogP contribution in [0.15, 0.2) is 0 Å². The average molecular weight is 276 g/mol. The molecular formula is C12H24N2O3S. The van der Waals surface area contributed by atoms with Crippen molar-refractivity contribution < 1.29 is 13.2 Å². The Balaban J connectivity index is 2.15. The molecule has 0 radical (unpaired) electrons. The molecule has 0 bridgehead atoms. The van der Waals surface area contributed by atoms with E-state index in [1.54, 1.807) is 4.31 Å². The molecule has 0 aromatic rings. The summed E-state index contributed by atoms with van der Waals surface area (Å²) in [6.07, 6.45) is 4.90.